The van der Waals surface area contributed by atoms with Gasteiger partial charge in [-0.2, -0.15) is 20.5 Å². The molecule has 0 aliphatic carbocycles. The number of ether oxygens (including phenoxy) is 2. The number of hydrogen-bond donors (Lipinski definition) is 2. The zero-order valence-electron chi connectivity index (χ0n) is 12.9. The predicted octanol–water partition coefficient (Wildman–Crippen LogP) is 2.32. The van der Waals surface area contributed by atoms with Gasteiger partial charge in [-0.1, -0.05) is 0 Å². The summed E-state index contributed by atoms with van der Waals surface area (Å²) in [4.78, 5) is 4.07. The van der Waals surface area contributed by atoms with Gasteiger partial charge >= 0.3 is 6.61 Å². The van der Waals surface area contributed by atoms with Crippen molar-refractivity contribution in [3.8, 4) is 11.5 Å². The quantitative estimate of drug-likeness (QED) is 0.434. The van der Waals surface area contributed by atoms with Crippen LogP contribution in [0.15, 0.2) is 23.2 Å². The molecule has 8 heteroatoms. The monoisotopic (exact) mass is 333 g/mol. The maximum absolute atomic E-state index is 12.4. The van der Waals surface area contributed by atoms with E-state index < -0.39 is 6.61 Å². The highest BCUT2D eigenvalue weighted by molar-refractivity contribution is 7.98. The number of guanidine groups is 1. The third-order valence-corrected chi connectivity index (χ3v) is 3.36. The van der Waals surface area contributed by atoms with Crippen LogP contribution in [0.4, 0.5) is 8.78 Å². The lowest BCUT2D eigenvalue weighted by Gasteiger charge is -2.15. The van der Waals surface area contributed by atoms with E-state index in [1.807, 2.05) is 6.26 Å². The molecule has 0 bridgehead atoms. The largest absolute Gasteiger partial charge is 0.497 e. The zero-order valence-corrected chi connectivity index (χ0v) is 13.7. The van der Waals surface area contributed by atoms with Gasteiger partial charge in [-0.05, 0) is 24.5 Å². The highest BCUT2D eigenvalue weighted by atomic mass is 32.2. The Morgan fingerprint density at radius 3 is 2.73 bits per heavy atom. The molecule has 0 unspecified atom stereocenters. The van der Waals surface area contributed by atoms with Gasteiger partial charge in [0.2, 0.25) is 0 Å². The summed E-state index contributed by atoms with van der Waals surface area (Å²) in [6.07, 6.45) is 2.02. The van der Waals surface area contributed by atoms with Crippen LogP contribution in [-0.2, 0) is 6.54 Å². The molecule has 1 aromatic carbocycles. The van der Waals surface area contributed by atoms with Crippen molar-refractivity contribution in [2.45, 2.75) is 13.2 Å². The van der Waals surface area contributed by atoms with Crippen molar-refractivity contribution in [1.82, 2.24) is 10.6 Å². The third-order valence-electron chi connectivity index (χ3n) is 2.75. The maximum Gasteiger partial charge on any atom is 0.387 e. The Kier molecular flexibility index (Phi) is 8.42. The van der Waals surface area contributed by atoms with E-state index in [0.717, 1.165) is 12.3 Å². The van der Waals surface area contributed by atoms with Crippen LogP contribution in [0.1, 0.15) is 5.56 Å². The minimum absolute atomic E-state index is 0.114. The summed E-state index contributed by atoms with van der Waals surface area (Å²) in [5, 5.41) is 6.19. The maximum atomic E-state index is 12.4. The minimum atomic E-state index is -2.87. The van der Waals surface area contributed by atoms with Crippen molar-refractivity contribution >= 4 is 17.7 Å². The highest BCUT2D eigenvalue weighted by Gasteiger charge is 2.11. The minimum Gasteiger partial charge on any atom is -0.497 e. The molecule has 1 rings (SSSR count). The second kappa shape index (κ2) is 10.1. The van der Waals surface area contributed by atoms with Gasteiger partial charge in [0.05, 0.1) is 7.11 Å². The standard InChI is InChI=1S/C14H21F2N3O2S/c1-17-14(18-6-7-22-3)19-9-10-8-11(20-2)4-5-12(10)21-13(15)16/h4-5,8,13H,6-7,9H2,1-3H3,(H2,17,18,19). The lowest BCUT2D eigenvalue weighted by molar-refractivity contribution is -0.0504. The number of rotatable bonds is 8. The molecule has 0 spiro atoms. The molecule has 0 saturated carbocycles. The van der Waals surface area contributed by atoms with Gasteiger partial charge < -0.3 is 20.1 Å². The Bertz CT molecular complexity index is 487. The average Bonchev–Trinajstić information content (AvgIpc) is 2.51. The number of methoxy groups -OCH3 is 1. The number of halogens is 2. The van der Waals surface area contributed by atoms with Crippen molar-refractivity contribution in [3.05, 3.63) is 23.8 Å². The molecule has 0 aliphatic heterocycles. The zero-order chi connectivity index (χ0) is 16.4. The number of benzene rings is 1. The summed E-state index contributed by atoms with van der Waals surface area (Å²) in [5.41, 5.74) is 0.562. The Labute approximate surface area is 133 Å². The van der Waals surface area contributed by atoms with E-state index in [0.29, 0.717) is 17.3 Å². The first kappa shape index (κ1) is 18.3. The summed E-state index contributed by atoms with van der Waals surface area (Å²) in [6.45, 7) is -1.82. The molecule has 22 heavy (non-hydrogen) atoms. The molecule has 5 nitrogen and oxygen atoms in total. The van der Waals surface area contributed by atoms with Crippen LogP contribution >= 0.6 is 11.8 Å². The molecule has 0 fully saturated rings. The molecule has 0 aromatic heterocycles. The lowest BCUT2D eigenvalue weighted by Crippen LogP contribution is -2.38. The Balaban J connectivity index is 2.72. The van der Waals surface area contributed by atoms with Crippen molar-refractivity contribution in [3.63, 3.8) is 0 Å². The lowest BCUT2D eigenvalue weighted by atomic mass is 10.2. The molecule has 1 aromatic rings. The van der Waals surface area contributed by atoms with Gasteiger partial charge in [-0.3, -0.25) is 4.99 Å². The molecule has 2 N–H and O–H groups in total. The topological polar surface area (TPSA) is 54.9 Å². The number of alkyl halides is 2. The molecule has 0 heterocycles. The van der Waals surface area contributed by atoms with Crippen LogP contribution in [0.3, 0.4) is 0 Å². The van der Waals surface area contributed by atoms with Gasteiger partial charge in [0.1, 0.15) is 11.5 Å². The van der Waals surface area contributed by atoms with Crippen molar-refractivity contribution in [2.24, 2.45) is 4.99 Å². The van der Waals surface area contributed by atoms with Crippen LogP contribution in [0.2, 0.25) is 0 Å². The van der Waals surface area contributed by atoms with Crippen LogP contribution < -0.4 is 20.1 Å². The van der Waals surface area contributed by atoms with Gasteiger partial charge in [0.15, 0.2) is 5.96 Å². The van der Waals surface area contributed by atoms with Crippen LogP contribution in [0.5, 0.6) is 11.5 Å². The average molecular weight is 333 g/mol. The number of nitrogens with zero attached hydrogens (tertiary/aromatic N) is 1. The summed E-state index contributed by atoms with van der Waals surface area (Å²) < 4.78 is 34.5. The molecule has 0 radical (unpaired) electrons. The first-order valence-electron chi connectivity index (χ1n) is 6.66. The van der Waals surface area contributed by atoms with Crippen molar-refractivity contribution < 1.29 is 18.3 Å². The van der Waals surface area contributed by atoms with Gasteiger partial charge in [-0.25, -0.2) is 0 Å². The normalized spacial score (nSPS) is 11.5. The molecule has 0 aliphatic rings. The molecular weight excluding hydrogens is 312 g/mol. The first-order valence-corrected chi connectivity index (χ1v) is 8.05. The smallest absolute Gasteiger partial charge is 0.387 e. The number of nitrogens with one attached hydrogen (secondary N) is 2. The fourth-order valence-electron chi connectivity index (χ4n) is 1.70. The van der Waals surface area contributed by atoms with Crippen LogP contribution in [0, 0.1) is 0 Å². The Morgan fingerprint density at radius 2 is 2.14 bits per heavy atom. The fourth-order valence-corrected chi connectivity index (χ4v) is 2.01. The number of aliphatic imine (C=N–C) groups is 1. The van der Waals surface area contributed by atoms with E-state index in [9.17, 15) is 8.78 Å². The van der Waals surface area contributed by atoms with E-state index in [-0.39, 0.29) is 12.3 Å². The SMILES string of the molecule is CN=C(NCCSC)NCc1cc(OC)ccc1OC(F)F. The first-order chi connectivity index (χ1) is 10.6. The molecule has 0 saturated heterocycles. The van der Waals surface area contributed by atoms with Crippen molar-refractivity contribution in [2.75, 3.05) is 32.7 Å². The van der Waals surface area contributed by atoms with E-state index in [2.05, 4.69) is 20.4 Å². The van der Waals surface area contributed by atoms with Gasteiger partial charge in [0.25, 0.3) is 0 Å². The Morgan fingerprint density at radius 1 is 1.36 bits per heavy atom. The Hall–Kier alpha value is -1.70. The van der Waals surface area contributed by atoms with Gasteiger partial charge in [-0.15, -0.1) is 0 Å². The second-order valence-corrected chi connectivity index (χ2v) is 5.18. The molecule has 0 atom stereocenters. The molecule has 124 valence electrons. The van der Waals surface area contributed by atoms with Crippen molar-refractivity contribution in [1.29, 1.82) is 0 Å². The predicted molar refractivity (Wildman–Crippen MR) is 86.2 cm³/mol. The van der Waals surface area contributed by atoms with E-state index in [4.69, 9.17) is 4.74 Å². The van der Waals surface area contributed by atoms with E-state index in [1.54, 1.807) is 30.9 Å². The molecular formula is C14H21F2N3O2S. The second-order valence-electron chi connectivity index (χ2n) is 4.20. The summed E-state index contributed by atoms with van der Waals surface area (Å²) in [6, 6.07) is 4.69. The van der Waals surface area contributed by atoms with Crippen LogP contribution in [-0.4, -0.2) is 45.3 Å². The number of thioether (sulfide) groups is 1. The van der Waals surface area contributed by atoms with Crippen LogP contribution in [0.25, 0.3) is 0 Å². The summed E-state index contributed by atoms with van der Waals surface area (Å²) in [5.74, 6) is 2.23. The summed E-state index contributed by atoms with van der Waals surface area (Å²) >= 11 is 1.72. The summed E-state index contributed by atoms with van der Waals surface area (Å²) in [7, 11) is 3.17. The van der Waals surface area contributed by atoms with E-state index in [1.165, 1.54) is 13.2 Å². The van der Waals surface area contributed by atoms with Gasteiger partial charge in [0, 0.05) is 31.5 Å². The number of hydrogen-bond acceptors (Lipinski definition) is 4. The van der Waals surface area contributed by atoms with E-state index >= 15 is 0 Å². The highest BCUT2D eigenvalue weighted by Crippen LogP contribution is 2.25. The third kappa shape index (κ3) is 6.38. The molecule has 0 amide bonds. The fraction of sp³-hybridized carbons (Fsp3) is 0.500.